The predicted molar refractivity (Wildman–Crippen MR) is 150 cm³/mol. The van der Waals surface area contributed by atoms with E-state index in [0.717, 1.165) is 31.8 Å². The molecule has 3 rings (SSSR count). The van der Waals surface area contributed by atoms with Crippen molar-refractivity contribution >= 4 is 23.9 Å². The molecule has 9 nitrogen and oxygen atoms in total. The van der Waals surface area contributed by atoms with Crippen LogP contribution in [0.15, 0.2) is 85.5 Å². The van der Waals surface area contributed by atoms with Gasteiger partial charge in [0.25, 0.3) is 0 Å². The second-order valence-electron chi connectivity index (χ2n) is 8.76. The van der Waals surface area contributed by atoms with Gasteiger partial charge in [-0.1, -0.05) is 13.5 Å². The zero-order valence-electron chi connectivity index (χ0n) is 22.8. The molecule has 0 aliphatic rings. The average molecular weight is 561 g/mol. The fourth-order valence-corrected chi connectivity index (χ4v) is 3.44. The van der Waals surface area contributed by atoms with Gasteiger partial charge in [-0.15, -0.1) is 0 Å². The quantitative estimate of drug-likeness (QED) is 0.0940. The van der Waals surface area contributed by atoms with Gasteiger partial charge in [-0.2, -0.15) is 0 Å². The van der Waals surface area contributed by atoms with Crippen molar-refractivity contribution in [1.29, 1.82) is 0 Å². The molecule has 0 fully saturated rings. The highest BCUT2D eigenvalue weighted by Crippen LogP contribution is 2.21. The van der Waals surface area contributed by atoms with E-state index in [-0.39, 0.29) is 29.5 Å². The molecule has 3 aromatic rings. The minimum absolute atomic E-state index is 0.249. The van der Waals surface area contributed by atoms with Crippen LogP contribution in [0.3, 0.4) is 0 Å². The Kier molecular flexibility index (Phi) is 12.1. The van der Waals surface area contributed by atoms with Gasteiger partial charge in [0.1, 0.15) is 23.0 Å². The van der Waals surface area contributed by atoms with Gasteiger partial charge in [0, 0.05) is 12.5 Å². The van der Waals surface area contributed by atoms with Crippen molar-refractivity contribution < 1.29 is 42.9 Å². The van der Waals surface area contributed by atoms with Gasteiger partial charge >= 0.3 is 23.9 Å². The third-order valence-corrected chi connectivity index (χ3v) is 5.66. The molecule has 0 heterocycles. The molecule has 214 valence electrons. The summed E-state index contributed by atoms with van der Waals surface area (Å²) < 4.78 is 26.5. The van der Waals surface area contributed by atoms with Gasteiger partial charge in [0.15, 0.2) is 0 Å². The third-order valence-electron chi connectivity index (χ3n) is 5.66. The monoisotopic (exact) mass is 560 g/mol. The first-order valence-corrected chi connectivity index (χ1v) is 13.2. The topological polar surface area (TPSA) is 114 Å². The summed E-state index contributed by atoms with van der Waals surface area (Å²) in [6, 6.07) is 18.8. The van der Waals surface area contributed by atoms with Crippen molar-refractivity contribution in [2.24, 2.45) is 0 Å². The van der Waals surface area contributed by atoms with Crippen LogP contribution in [0.2, 0.25) is 0 Å². The SMILES string of the molecule is C=CC(=O)OCCCCCCOc1ccc(C(=O)Oc2ccc(OC(=O)c3ccc(OC(=O)CC)cc3)cc2)cc1. The third kappa shape index (κ3) is 10.6. The van der Waals surface area contributed by atoms with Crippen LogP contribution < -0.4 is 18.9 Å². The van der Waals surface area contributed by atoms with E-state index in [1.807, 2.05) is 0 Å². The lowest BCUT2D eigenvalue weighted by Gasteiger charge is -2.09. The molecule has 0 bridgehead atoms. The Morgan fingerprint density at radius 1 is 0.610 bits per heavy atom. The second-order valence-corrected chi connectivity index (χ2v) is 8.76. The maximum absolute atomic E-state index is 12.5. The summed E-state index contributed by atoms with van der Waals surface area (Å²) >= 11 is 0. The molecule has 9 heteroatoms. The lowest BCUT2D eigenvalue weighted by Crippen LogP contribution is -2.10. The normalized spacial score (nSPS) is 10.3. The molecule has 0 unspecified atom stereocenters. The zero-order valence-corrected chi connectivity index (χ0v) is 22.8. The maximum Gasteiger partial charge on any atom is 0.343 e. The van der Waals surface area contributed by atoms with Crippen LogP contribution in [-0.4, -0.2) is 37.1 Å². The van der Waals surface area contributed by atoms with Crippen LogP contribution in [0.25, 0.3) is 0 Å². The van der Waals surface area contributed by atoms with Crippen LogP contribution >= 0.6 is 0 Å². The summed E-state index contributed by atoms with van der Waals surface area (Å²) in [5.74, 6) is -0.353. The first-order chi connectivity index (χ1) is 19.9. The Morgan fingerprint density at radius 2 is 1.05 bits per heavy atom. The molecule has 0 saturated carbocycles. The molecule has 0 radical (unpaired) electrons. The zero-order chi connectivity index (χ0) is 29.5. The van der Waals surface area contributed by atoms with E-state index in [1.54, 1.807) is 31.2 Å². The van der Waals surface area contributed by atoms with Crippen LogP contribution in [0.4, 0.5) is 0 Å². The Balaban J connectivity index is 1.39. The molecule has 0 N–H and O–H groups in total. The summed E-state index contributed by atoms with van der Waals surface area (Å²) in [5.41, 5.74) is 0.642. The van der Waals surface area contributed by atoms with Crippen LogP contribution in [0, 0.1) is 0 Å². The molecular formula is C32H32O9. The smallest absolute Gasteiger partial charge is 0.343 e. The van der Waals surface area contributed by atoms with Crippen molar-refractivity contribution in [3.05, 3.63) is 96.6 Å². The van der Waals surface area contributed by atoms with Crippen molar-refractivity contribution in [3.8, 4) is 23.0 Å². The highest BCUT2D eigenvalue weighted by Gasteiger charge is 2.12. The molecule has 0 aromatic heterocycles. The standard InChI is InChI=1S/C32H32O9/c1-3-29(33)38-22-8-6-5-7-21-37-25-13-9-23(10-14-25)31(35)40-27-17-19-28(20-18-27)41-32(36)24-11-15-26(16-12-24)39-30(34)4-2/h3,9-20H,1,4-8,21-22H2,2H3. The predicted octanol–water partition coefficient (Wildman–Crippen LogP) is 6.11. The number of benzene rings is 3. The van der Waals surface area contributed by atoms with E-state index in [4.69, 9.17) is 23.7 Å². The fraction of sp³-hybridized carbons (Fsp3) is 0.250. The number of hydrogen-bond donors (Lipinski definition) is 0. The van der Waals surface area contributed by atoms with Crippen LogP contribution in [-0.2, 0) is 14.3 Å². The summed E-state index contributed by atoms with van der Waals surface area (Å²) in [6.45, 7) is 5.96. The molecular weight excluding hydrogens is 528 g/mol. The number of rotatable bonds is 15. The molecule has 0 aliphatic heterocycles. The first-order valence-electron chi connectivity index (χ1n) is 13.2. The molecule has 0 amide bonds. The maximum atomic E-state index is 12.5. The van der Waals surface area contributed by atoms with E-state index in [2.05, 4.69) is 6.58 Å². The highest BCUT2D eigenvalue weighted by atomic mass is 16.5. The fourth-order valence-electron chi connectivity index (χ4n) is 3.44. The van der Waals surface area contributed by atoms with E-state index in [0.29, 0.717) is 30.3 Å². The lowest BCUT2D eigenvalue weighted by molar-refractivity contribution is -0.138. The van der Waals surface area contributed by atoms with E-state index in [1.165, 1.54) is 48.5 Å². The molecule has 0 spiro atoms. The number of carbonyl (C=O) groups is 4. The Hall–Kier alpha value is -4.92. The van der Waals surface area contributed by atoms with Crippen molar-refractivity contribution in [3.63, 3.8) is 0 Å². The summed E-state index contributed by atoms with van der Waals surface area (Å²) in [6.07, 6.45) is 4.91. The van der Waals surface area contributed by atoms with Crippen molar-refractivity contribution in [2.45, 2.75) is 39.0 Å². The summed E-state index contributed by atoms with van der Waals surface area (Å²) in [7, 11) is 0. The number of esters is 4. The number of ether oxygens (including phenoxy) is 5. The summed E-state index contributed by atoms with van der Waals surface area (Å²) in [5, 5.41) is 0. The van der Waals surface area contributed by atoms with Crippen molar-refractivity contribution in [1.82, 2.24) is 0 Å². The van der Waals surface area contributed by atoms with Gasteiger partial charge in [0.05, 0.1) is 24.3 Å². The van der Waals surface area contributed by atoms with Crippen LogP contribution in [0.1, 0.15) is 59.7 Å². The first kappa shape index (κ1) is 30.6. The van der Waals surface area contributed by atoms with Gasteiger partial charge < -0.3 is 23.7 Å². The van der Waals surface area contributed by atoms with Crippen LogP contribution in [0.5, 0.6) is 23.0 Å². The number of carbonyl (C=O) groups excluding carboxylic acids is 4. The van der Waals surface area contributed by atoms with Gasteiger partial charge in [0.2, 0.25) is 0 Å². The minimum Gasteiger partial charge on any atom is -0.494 e. The second kappa shape index (κ2) is 16.2. The molecule has 0 aliphatic carbocycles. The van der Waals surface area contributed by atoms with Gasteiger partial charge in [-0.25, -0.2) is 14.4 Å². The summed E-state index contributed by atoms with van der Waals surface area (Å²) in [4.78, 5) is 47.2. The molecule has 3 aromatic carbocycles. The van der Waals surface area contributed by atoms with E-state index in [9.17, 15) is 19.2 Å². The molecule has 0 atom stereocenters. The average Bonchev–Trinajstić information content (AvgIpc) is 2.99. The minimum atomic E-state index is -0.586. The number of unbranched alkanes of at least 4 members (excludes halogenated alkanes) is 3. The number of hydrogen-bond acceptors (Lipinski definition) is 9. The largest absolute Gasteiger partial charge is 0.494 e. The van der Waals surface area contributed by atoms with E-state index < -0.39 is 17.9 Å². The van der Waals surface area contributed by atoms with Gasteiger partial charge in [-0.3, -0.25) is 4.79 Å². The van der Waals surface area contributed by atoms with Gasteiger partial charge in [-0.05, 0) is 98.5 Å². The highest BCUT2D eigenvalue weighted by molar-refractivity contribution is 5.92. The van der Waals surface area contributed by atoms with Crippen molar-refractivity contribution in [2.75, 3.05) is 13.2 Å². The lowest BCUT2D eigenvalue weighted by atomic mass is 10.2. The molecule has 0 saturated heterocycles. The Bertz CT molecular complexity index is 1310. The molecule has 41 heavy (non-hydrogen) atoms. The Labute approximate surface area is 238 Å². The Morgan fingerprint density at radius 3 is 1.54 bits per heavy atom. The van der Waals surface area contributed by atoms with E-state index >= 15 is 0 Å².